The Bertz CT molecular complexity index is 144. The van der Waals surface area contributed by atoms with Gasteiger partial charge in [0.15, 0.2) is 0 Å². The van der Waals surface area contributed by atoms with E-state index in [1.807, 2.05) is 13.8 Å². The Morgan fingerprint density at radius 1 is 1.18 bits per heavy atom. The molecule has 0 aliphatic rings. The normalized spacial score (nSPS) is 13.8. The summed E-state index contributed by atoms with van der Waals surface area (Å²) in [5, 5.41) is 17.0. The van der Waals surface area contributed by atoms with Crippen LogP contribution in [0.4, 0.5) is 0 Å². The molecule has 0 saturated carbocycles. The maximum Gasteiger partial charge on any atom is 0.0758 e. The predicted octanol–water partition coefficient (Wildman–Crippen LogP) is 2.40. The van der Waals surface area contributed by atoms with Crippen molar-refractivity contribution >= 4 is 9.24 Å². The highest BCUT2D eigenvalue weighted by Gasteiger charge is 2.19. The van der Waals surface area contributed by atoms with Crippen LogP contribution in [-0.2, 0) is 0 Å². The maximum absolute atomic E-state index is 8.52. The molecule has 0 radical (unpaired) electrons. The van der Waals surface area contributed by atoms with Crippen LogP contribution in [0.15, 0.2) is 24.7 Å². The van der Waals surface area contributed by atoms with Crippen molar-refractivity contribution in [1.29, 1.82) is 0 Å². The fourth-order valence-electron chi connectivity index (χ4n) is 0.746. The second-order valence-electron chi connectivity index (χ2n) is 3.03. The highest BCUT2D eigenvalue weighted by atomic mass is 31.0. The van der Waals surface area contributed by atoms with E-state index in [0.29, 0.717) is 0 Å². The fourth-order valence-corrected chi connectivity index (χ4v) is 0.968. The smallest absolute Gasteiger partial charge is 0.0758 e. The fraction of sp³-hybridized carbons (Fsp3) is 0.500. The summed E-state index contributed by atoms with van der Waals surface area (Å²) in [5.41, 5.74) is 0. The molecule has 0 aliphatic heterocycles. The summed E-state index contributed by atoms with van der Waals surface area (Å²) < 4.78 is 0. The maximum atomic E-state index is 8.52. The largest absolute Gasteiger partial charge is 0.516 e. The number of aliphatic hydroxyl groups is 2. The standard InChI is InChI=1S/C8H15O2P/c1-8(2,11)7(3-5-9)4-6-10/h3-7,9-10H,11H2,1-2H3/b5-3+,6-4+. The van der Waals surface area contributed by atoms with Crippen molar-refractivity contribution in [2.24, 2.45) is 5.92 Å². The molecule has 64 valence electrons. The predicted molar refractivity (Wildman–Crippen MR) is 50.8 cm³/mol. The van der Waals surface area contributed by atoms with Gasteiger partial charge in [0.05, 0.1) is 12.5 Å². The Kier molecular flexibility index (Phi) is 4.20. The molecule has 0 aromatic carbocycles. The van der Waals surface area contributed by atoms with Crippen LogP contribution in [0.3, 0.4) is 0 Å². The van der Waals surface area contributed by atoms with Crippen LogP contribution < -0.4 is 0 Å². The lowest BCUT2D eigenvalue weighted by Gasteiger charge is -2.24. The minimum Gasteiger partial charge on any atom is -0.516 e. The monoisotopic (exact) mass is 174 g/mol. The van der Waals surface area contributed by atoms with Crippen molar-refractivity contribution in [2.45, 2.75) is 19.0 Å². The van der Waals surface area contributed by atoms with Crippen LogP contribution in [0.5, 0.6) is 0 Å². The summed E-state index contributed by atoms with van der Waals surface area (Å²) in [5.74, 6) is 0.0301. The number of hydrogen-bond acceptors (Lipinski definition) is 2. The minimum absolute atomic E-state index is 0.0301. The van der Waals surface area contributed by atoms with Gasteiger partial charge in [-0.3, -0.25) is 0 Å². The van der Waals surface area contributed by atoms with E-state index in [1.54, 1.807) is 12.2 Å². The summed E-state index contributed by atoms with van der Waals surface area (Å²) in [6, 6.07) is 0. The van der Waals surface area contributed by atoms with Gasteiger partial charge in [-0.2, -0.15) is 0 Å². The molecule has 2 nitrogen and oxygen atoms in total. The average Bonchev–Trinajstić information content (AvgIpc) is 1.85. The second kappa shape index (κ2) is 4.40. The Morgan fingerprint density at radius 3 is 1.73 bits per heavy atom. The first-order valence-electron chi connectivity index (χ1n) is 3.43. The zero-order valence-corrected chi connectivity index (χ0v) is 8.01. The molecular weight excluding hydrogens is 159 g/mol. The topological polar surface area (TPSA) is 40.5 Å². The van der Waals surface area contributed by atoms with Crippen molar-refractivity contribution in [1.82, 2.24) is 0 Å². The first-order valence-corrected chi connectivity index (χ1v) is 4.00. The van der Waals surface area contributed by atoms with Crippen LogP contribution in [0, 0.1) is 5.92 Å². The molecule has 0 bridgehead atoms. The highest BCUT2D eigenvalue weighted by molar-refractivity contribution is 7.18. The van der Waals surface area contributed by atoms with Gasteiger partial charge < -0.3 is 10.2 Å². The molecule has 0 spiro atoms. The zero-order valence-electron chi connectivity index (χ0n) is 6.86. The zero-order chi connectivity index (χ0) is 8.91. The number of allylic oxidation sites excluding steroid dienone is 2. The molecule has 0 aliphatic carbocycles. The van der Waals surface area contributed by atoms with Crippen LogP contribution in [0.25, 0.3) is 0 Å². The number of hydrogen-bond donors (Lipinski definition) is 2. The van der Waals surface area contributed by atoms with Gasteiger partial charge in [0.2, 0.25) is 0 Å². The average molecular weight is 174 g/mol. The van der Waals surface area contributed by atoms with E-state index in [4.69, 9.17) is 10.2 Å². The van der Waals surface area contributed by atoms with Gasteiger partial charge >= 0.3 is 0 Å². The van der Waals surface area contributed by atoms with Crippen LogP contribution >= 0.6 is 9.24 Å². The van der Waals surface area contributed by atoms with E-state index in [9.17, 15) is 0 Å². The Morgan fingerprint density at radius 2 is 1.55 bits per heavy atom. The van der Waals surface area contributed by atoms with Crippen molar-refractivity contribution < 1.29 is 10.2 Å². The van der Waals surface area contributed by atoms with E-state index in [-0.39, 0.29) is 11.1 Å². The van der Waals surface area contributed by atoms with Gasteiger partial charge in [-0.1, -0.05) is 13.8 Å². The molecular formula is C8H15O2P. The summed E-state index contributed by atoms with van der Waals surface area (Å²) in [4.78, 5) is 0. The molecule has 1 atom stereocenters. The number of aliphatic hydroxyl groups excluding tert-OH is 2. The molecule has 0 aromatic heterocycles. The molecule has 3 heteroatoms. The van der Waals surface area contributed by atoms with E-state index in [1.165, 1.54) is 0 Å². The first kappa shape index (κ1) is 10.5. The van der Waals surface area contributed by atoms with Crippen molar-refractivity contribution in [3.8, 4) is 0 Å². The van der Waals surface area contributed by atoms with E-state index in [0.717, 1.165) is 12.5 Å². The lowest BCUT2D eigenvalue weighted by molar-refractivity contribution is 0.450. The molecule has 0 heterocycles. The minimum atomic E-state index is -0.0571. The lowest BCUT2D eigenvalue weighted by atomic mass is 9.95. The summed E-state index contributed by atoms with van der Waals surface area (Å²) >= 11 is 0. The first-order chi connectivity index (χ1) is 5.02. The molecule has 0 amide bonds. The van der Waals surface area contributed by atoms with Gasteiger partial charge in [-0.05, 0) is 17.3 Å². The molecule has 0 fully saturated rings. The second-order valence-corrected chi connectivity index (χ2v) is 4.52. The van der Waals surface area contributed by atoms with E-state index < -0.39 is 0 Å². The van der Waals surface area contributed by atoms with E-state index >= 15 is 0 Å². The Hall–Kier alpha value is -0.490. The Balaban J connectivity index is 4.34. The summed E-state index contributed by atoms with van der Waals surface area (Å²) in [6.07, 6.45) is 5.24. The molecule has 0 saturated heterocycles. The van der Waals surface area contributed by atoms with Crippen LogP contribution in [-0.4, -0.2) is 15.4 Å². The van der Waals surface area contributed by atoms with Crippen LogP contribution in [0.1, 0.15) is 13.8 Å². The van der Waals surface area contributed by atoms with E-state index in [2.05, 4.69) is 9.24 Å². The van der Waals surface area contributed by atoms with Gasteiger partial charge in [0, 0.05) is 5.92 Å². The van der Waals surface area contributed by atoms with Gasteiger partial charge in [0.25, 0.3) is 0 Å². The SMILES string of the molecule is CC(C)(P)C(/C=C/O)/C=C/O. The Labute approximate surface area is 69.8 Å². The van der Waals surface area contributed by atoms with Gasteiger partial charge in [-0.15, -0.1) is 9.24 Å². The van der Waals surface area contributed by atoms with Crippen molar-refractivity contribution in [2.75, 3.05) is 0 Å². The molecule has 11 heavy (non-hydrogen) atoms. The van der Waals surface area contributed by atoms with Gasteiger partial charge in [0.1, 0.15) is 0 Å². The quantitative estimate of drug-likeness (QED) is 0.509. The van der Waals surface area contributed by atoms with Crippen molar-refractivity contribution in [3.63, 3.8) is 0 Å². The summed E-state index contributed by atoms with van der Waals surface area (Å²) in [7, 11) is 2.65. The van der Waals surface area contributed by atoms with Crippen LogP contribution in [0.2, 0.25) is 0 Å². The lowest BCUT2D eigenvalue weighted by Crippen LogP contribution is -2.20. The van der Waals surface area contributed by atoms with Gasteiger partial charge in [-0.25, -0.2) is 0 Å². The third-order valence-corrected chi connectivity index (χ3v) is 1.83. The highest BCUT2D eigenvalue weighted by Crippen LogP contribution is 2.28. The third kappa shape index (κ3) is 4.05. The molecule has 1 unspecified atom stereocenters. The van der Waals surface area contributed by atoms with Crippen molar-refractivity contribution in [3.05, 3.63) is 24.7 Å². The molecule has 2 N–H and O–H groups in total. The number of rotatable bonds is 3. The molecule has 0 rings (SSSR count). The molecule has 0 aromatic rings. The third-order valence-electron chi connectivity index (χ3n) is 1.45. The summed E-state index contributed by atoms with van der Waals surface area (Å²) in [6.45, 7) is 4.00.